The Morgan fingerprint density at radius 3 is 2.74 bits per heavy atom. The number of hydrogen-bond acceptors (Lipinski definition) is 3. The normalized spacial score (nSPS) is 13.5. The Labute approximate surface area is 186 Å². The molecule has 0 saturated heterocycles. The molecule has 6 heteroatoms. The van der Waals surface area contributed by atoms with E-state index in [-0.39, 0.29) is 11.9 Å². The topological polar surface area (TPSA) is 39.4 Å². The van der Waals surface area contributed by atoms with E-state index < -0.39 is 0 Å². The molecule has 3 heterocycles. The second-order valence-corrected chi connectivity index (χ2v) is 8.35. The van der Waals surface area contributed by atoms with Crippen molar-refractivity contribution in [3.8, 4) is 5.75 Å². The van der Waals surface area contributed by atoms with Crippen LogP contribution in [0.2, 0.25) is 5.02 Å². The smallest absolute Gasteiger partial charge is 0.147 e. The molecule has 0 spiro atoms. The van der Waals surface area contributed by atoms with E-state index in [0.29, 0.717) is 10.8 Å². The maximum Gasteiger partial charge on any atom is 0.147 e. The van der Waals surface area contributed by atoms with Crippen molar-refractivity contribution in [2.75, 3.05) is 0 Å². The predicted octanol–water partition coefficient (Wildman–Crippen LogP) is 7.10. The average Bonchev–Trinajstić information content (AvgIpc) is 3.13. The molecule has 3 aromatic heterocycles. The van der Waals surface area contributed by atoms with Gasteiger partial charge in [0, 0.05) is 29.5 Å². The second kappa shape index (κ2) is 8.67. The molecule has 1 atom stereocenters. The molecule has 0 aliphatic carbocycles. The van der Waals surface area contributed by atoms with E-state index in [2.05, 4.69) is 30.9 Å². The summed E-state index contributed by atoms with van der Waals surface area (Å²) in [7, 11) is 0. The van der Waals surface area contributed by atoms with Crippen LogP contribution in [0.15, 0.2) is 60.2 Å². The lowest BCUT2D eigenvalue weighted by Gasteiger charge is -2.19. The van der Waals surface area contributed by atoms with Gasteiger partial charge in [-0.3, -0.25) is 4.98 Å². The highest BCUT2D eigenvalue weighted by Gasteiger charge is 2.17. The molecular formula is C25H25ClFN3O. The number of benzene rings is 1. The summed E-state index contributed by atoms with van der Waals surface area (Å²) < 4.78 is 21.8. The summed E-state index contributed by atoms with van der Waals surface area (Å²) in [6.07, 6.45) is 8.56. The Bertz CT molecular complexity index is 1290. The minimum Gasteiger partial charge on any atom is -0.484 e. The van der Waals surface area contributed by atoms with Crippen molar-refractivity contribution in [3.05, 3.63) is 82.2 Å². The summed E-state index contributed by atoms with van der Waals surface area (Å²) >= 11 is 6.42. The van der Waals surface area contributed by atoms with Gasteiger partial charge in [-0.25, -0.2) is 8.91 Å². The number of pyridine rings is 2. The van der Waals surface area contributed by atoms with Gasteiger partial charge in [-0.2, -0.15) is 5.10 Å². The van der Waals surface area contributed by atoms with Crippen LogP contribution in [0, 0.1) is 5.82 Å². The number of hydrogen-bond donors (Lipinski definition) is 0. The fourth-order valence-electron chi connectivity index (χ4n) is 3.79. The highest BCUT2D eigenvalue weighted by atomic mass is 35.5. The molecule has 0 aliphatic heterocycles. The number of rotatable bonds is 6. The Morgan fingerprint density at radius 2 is 1.97 bits per heavy atom. The quantitative estimate of drug-likeness (QED) is 0.302. The molecule has 0 saturated carbocycles. The lowest BCUT2D eigenvalue weighted by atomic mass is 10.0. The molecule has 4 rings (SSSR count). The number of aromatic nitrogens is 3. The molecule has 4 nitrogen and oxygen atoms in total. The van der Waals surface area contributed by atoms with E-state index in [1.165, 1.54) is 23.3 Å². The van der Waals surface area contributed by atoms with Crippen LogP contribution in [0.25, 0.3) is 16.3 Å². The zero-order valence-corrected chi connectivity index (χ0v) is 18.9. The molecule has 1 unspecified atom stereocenters. The monoisotopic (exact) mass is 437 g/mol. The SMILES string of the molecule is CC/C(C)=C(\C)Cc1cc(OC(C)c2cncc3cc(F)ccc23)c2c(Cl)cnn2c1. The van der Waals surface area contributed by atoms with Gasteiger partial charge >= 0.3 is 0 Å². The summed E-state index contributed by atoms with van der Waals surface area (Å²) in [6.45, 7) is 8.44. The lowest BCUT2D eigenvalue weighted by molar-refractivity contribution is 0.230. The maximum atomic E-state index is 13.6. The van der Waals surface area contributed by atoms with Crippen LogP contribution in [0.5, 0.6) is 5.75 Å². The Kier molecular flexibility index (Phi) is 5.96. The van der Waals surface area contributed by atoms with Gasteiger partial charge < -0.3 is 4.74 Å². The summed E-state index contributed by atoms with van der Waals surface area (Å²) in [6, 6.07) is 6.73. The van der Waals surface area contributed by atoms with E-state index in [4.69, 9.17) is 16.3 Å². The van der Waals surface area contributed by atoms with Crippen molar-refractivity contribution in [3.63, 3.8) is 0 Å². The van der Waals surface area contributed by atoms with Crippen LogP contribution in [-0.4, -0.2) is 14.6 Å². The Balaban J connectivity index is 1.75. The van der Waals surface area contributed by atoms with Gasteiger partial charge in [0.15, 0.2) is 0 Å². The summed E-state index contributed by atoms with van der Waals surface area (Å²) in [5.74, 6) is 0.375. The maximum absolute atomic E-state index is 13.6. The first-order valence-electron chi connectivity index (χ1n) is 10.4. The van der Waals surface area contributed by atoms with Crippen LogP contribution < -0.4 is 4.74 Å². The highest BCUT2D eigenvalue weighted by Crippen LogP contribution is 2.34. The molecule has 31 heavy (non-hydrogen) atoms. The third-order valence-electron chi connectivity index (χ3n) is 5.81. The van der Waals surface area contributed by atoms with Gasteiger partial charge in [0.2, 0.25) is 0 Å². The number of nitrogens with zero attached hydrogens (tertiary/aromatic N) is 3. The van der Waals surface area contributed by atoms with E-state index in [1.54, 1.807) is 29.2 Å². The largest absolute Gasteiger partial charge is 0.484 e. The molecule has 0 N–H and O–H groups in total. The highest BCUT2D eigenvalue weighted by molar-refractivity contribution is 6.34. The van der Waals surface area contributed by atoms with E-state index in [9.17, 15) is 4.39 Å². The van der Waals surface area contributed by atoms with Gasteiger partial charge in [0.1, 0.15) is 23.2 Å². The molecule has 0 radical (unpaired) electrons. The molecule has 0 aliphatic rings. The van der Waals surface area contributed by atoms with Crippen molar-refractivity contribution < 1.29 is 9.13 Å². The van der Waals surface area contributed by atoms with Crippen LogP contribution in [0.4, 0.5) is 4.39 Å². The molecule has 4 aromatic rings. The number of allylic oxidation sites excluding steroid dienone is 2. The van der Waals surface area contributed by atoms with E-state index in [1.807, 2.05) is 19.2 Å². The zero-order chi connectivity index (χ0) is 22.1. The van der Waals surface area contributed by atoms with Crippen molar-refractivity contribution in [1.29, 1.82) is 0 Å². The fourth-order valence-corrected chi connectivity index (χ4v) is 4.02. The first kappa shape index (κ1) is 21.3. The predicted molar refractivity (Wildman–Crippen MR) is 123 cm³/mol. The summed E-state index contributed by atoms with van der Waals surface area (Å²) in [5, 5.41) is 6.57. The lowest BCUT2D eigenvalue weighted by Crippen LogP contribution is -2.07. The van der Waals surface area contributed by atoms with Gasteiger partial charge in [-0.15, -0.1) is 0 Å². The minimum atomic E-state index is -0.319. The average molecular weight is 438 g/mol. The molecular weight excluding hydrogens is 413 g/mol. The Morgan fingerprint density at radius 1 is 1.16 bits per heavy atom. The fraction of sp³-hybridized carbons (Fsp3) is 0.280. The second-order valence-electron chi connectivity index (χ2n) is 7.94. The van der Waals surface area contributed by atoms with Crippen molar-refractivity contribution in [2.45, 2.75) is 46.6 Å². The van der Waals surface area contributed by atoms with Gasteiger partial charge in [0.25, 0.3) is 0 Å². The van der Waals surface area contributed by atoms with Crippen LogP contribution in [0.3, 0.4) is 0 Å². The molecule has 0 amide bonds. The molecule has 0 fully saturated rings. The van der Waals surface area contributed by atoms with Gasteiger partial charge in [-0.1, -0.05) is 35.7 Å². The van der Waals surface area contributed by atoms with Crippen molar-refractivity contribution >= 4 is 27.9 Å². The van der Waals surface area contributed by atoms with E-state index in [0.717, 1.165) is 40.3 Å². The van der Waals surface area contributed by atoms with Gasteiger partial charge in [-0.05, 0) is 62.8 Å². The number of fused-ring (bicyclic) bond motifs is 2. The molecule has 160 valence electrons. The summed E-state index contributed by atoms with van der Waals surface area (Å²) in [4.78, 5) is 4.28. The molecule has 1 aromatic carbocycles. The van der Waals surface area contributed by atoms with Gasteiger partial charge in [0.05, 0.1) is 11.2 Å². The Hall–Kier alpha value is -2.92. The molecule has 0 bridgehead atoms. The zero-order valence-electron chi connectivity index (χ0n) is 18.1. The van der Waals surface area contributed by atoms with Crippen molar-refractivity contribution in [1.82, 2.24) is 14.6 Å². The van der Waals surface area contributed by atoms with Crippen molar-refractivity contribution in [2.24, 2.45) is 0 Å². The summed E-state index contributed by atoms with van der Waals surface area (Å²) in [5.41, 5.74) is 5.42. The first-order valence-corrected chi connectivity index (χ1v) is 10.8. The minimum absolute atomic E-state index is 0.286. The number of ether oxygens (including phenoxy) is 1. The number of halogens is 2. The van der Waals surface area contributed by atoms with Crippen LogP contribution >= 0.6 is 11.6 Å². The van der Waals surface area contributed by atoms with E-state index >= 15 is 0 Å². The van der Waals surface area contributed by atoms with Crippen LogP contribution in [-0.2, 0) is 6.42 Å². The first-order chi connectivity index (χ1) is 14.9. The third kappa shape index (κ3) is 4.28. The van der Waals surface area contributed by atoms with Crippen LogP contribution in [0.1, 0.15) is 51.3 Å². The third-order valence-corrected chi connectivity index (χ3v) is 6.09. The standard InChI is InChI=1S/C25H25ClFN3O/c1-5-15(2)16(3)8-18-9-24(25-23(26)13-29-30(25)14-18)31-17(4)22-12-28-11-19-10-20(27)6-7-21(19)22/h6-7,9-14,17H,5,8H2,1-4H3/b16-15+.